The fourth-order valence-electron chi connectivity index (χ4n) is 6.99. The Morgan fingerprint density at radius 3 is 1.38 bits per heavy atom. The average molecular weight is 640 g/mol. The van der Waals surface area contributed by atoms with Crippen molar-refractivity contribution in [2.75, 3.05) is 4.90 Å². The molecule has 2 heteroatoms. The highest BCUT2D eigenvalue weighted by molar-refractivity contribution is 6.06. The summed E-state index contributed by atoms with van der Waals surface area (Å²) >= 11 is 0. The van der Waals surface area contributed by atoms with Gasteiger partial charge in [-0.3, -0.25) is 0 Å². The maximum atomic E-state index is 6.33. The second-order valence-corrected chi connectivity index (χ2v) is 12.6. The van der Waals surface area contributed by atoms with Crippen molar-refractivity contribution in [3.05, 3.63) is 200 Å². The van der Waals surface area contributed by atoms with E-state index in [1.165, 1.54) is 38.9 Å². The molecule has 1 aromatic heterocycles. The predicted octanol–water partition coefficient (Wildman–Crippen LogP) is 13.7. The molecule has 0 aliphatic carbocycles. The lowest BCUT2D eigenvalue weighted by Crippen LogP contribution is -2.09. The predicted molar refractivity (Wildman–Crippen MR) is 210 cm³/mol. The molecule has 50 heavy (non-hydrogen) atoms. The fraction of sp³-hybridized carbons (Fsp3) is 0. The molecular weight excluding hydrogens is 607 g/mol. The molecule has 1 heterocycles. The third kappa shape index (κ3) is 5.53. The molecule has 236 valence electrons. The van der Waals surface area contributed by atoms with Crippen LogP contribution in [0.15, 0.2) is 205 Å². The lowest BCUT2D eigenvalue weighted by Gasteiger charge is -2.26. The number of fused-ring (bicyclic) bond motifs is 3. The molecule has 0 unspecified atom stereocenters. The third-order valence-corrected chi connectivity index (χ3v) is 9.50. The second-order valence-electron chi connectivity index (χ2n) is 12.6. The molecule has 9 aromatic rings. The van der Waals surface area contributed by atoms with Gasteiger partial charge in [-0.15, -0.1) is 0 Å². The monoisotopic (exact) mass is 639 g/mol. The van der Waals surface area contributed by atoms with Crippen LogP contribution in [0.1, 0.15) is 0 Å². The van der Waals surface area contributed by atoms with Gasteiger partial charge in [-0.2, -0.15) is 0 Å². The summed E-state index contributed by atoms with van der Waals surface area (Å²) in [4.78, 5) is 2.30. The summed E-state index contributed by atoms with van der Waals surface area (Å²) in [7, 11) is 0. The summed E-state index contributed by atoms with van der Waals surface area (Å²) in [6.45, 7) is 0. The minimum atomic E-state index is 0.873. The molecule has 0 fully saturated rings. The van der Waals surface area contributed by atoms with Crippen molar-refractivity contribution < 1.29 is 4.42 Å². The van der Waals surface area contributed by atoms with Crippen LogP contribution in [-0.2, 0) is 0 Å². The van der Waals surface area contributed by atoms with Gasteiger partial charge in [0.2, 0.25) is 0 Å². The number of nitrogens with zero attached hydrogens (tertiary/aromatic N) is 1. The molecule has 0 saturated carbocycles. The molecular formula is C48H33NO. The van der Waals surface area contributed by atoms with Crippen molar-refractivity contribution in [1.82, 2.24) is 0 Å². The number of hydrogen-bond acceptors (Lipinski definition) is 2. The first-order valence-electron chi connectivity index (χ1n) is 17.0. The third-order valence-electron chi connectivity index (χ3n) is 9.50. The van der Waals surface area contributed by atoms with Crippen LogP contribution in [-0.4, -0.2) is 0 Å². The Morgan fingerprint density at radius 1 is 0.280 bits per heavy atom. The number of para-hydroxylation sites is 1. The van der Waals surface area contributed by atoms with Crippen LogP contribution in [0.25, 0.3) is 66.4 Å². The summed E-state index contributed by atoms with van der Waals surface area (Å²) < 4.78 is 6.33. The van der Waals surface area contributed by atoms with Gasteiger partial charge >= 0.3 is 0 Å². The zero-order valence-electron chi connectivity index (χ0n) is 27.4. The molecule has 0 amide bonds. The highest BCUT2D eigenvalue weighted by Gasteiger charge is 2.17. The van der Waals surface area contributed by atoms with Gasteiger partial charge in [0.25, 0.3) is 0 Å². The fourth-order valence-corrected chi connectivity index (χ4v) is 6.99. The molecule has 0 saturated heterocycles. The van der Waals surface area contributed by atoms with E-state index in [4.69, 9.17) is 4.42 Å². The normalized spacial score (nSPS) is 11.2. The summed E-state index contributed by atoms with van der Waals surface area (Å²) in [6, 6.07) is 71.1. The van der Waals surface area contributed by atoms with Crippen molar-refractivity contribution in [3.63, 3.8) is 0 Å². The van der Waals surface area contributed by atoms with Crippen molar-refractivity contribution in [2.24, 2.45) is 0 Å². The van der Waals surface area contributed by atoms with Crippen LogP contribution in [0.3, 0.4) is 0 Å². The van der Waals surface area contributed by atoms with Gasteiger partial charge in [0.1, 0.15) is 11.2 Å². The Balaban J connectivity index is 1.13. The maximum Gasteiger partial charge on any atom is 0.137 e. The quantitative estimate of drug-likeness (QED) is 0.173. The molecule has 0 N–H and O–H groups in total. The van der Waals surface area contributed by atoms with Gasteiger partial charge in [-0.05, 0) is 93.0 Å². The summed E-state index contributed by atoms with van der Waals surface area (Å²) in [5.74, 6) is 0. The number of furan rings is 1. The largest absolute Gasteiger partial charge is 0.456 e. The van der Waals surface area contributed by atoms with E-state index >= 15 is 0 Å². The van der Waals surface area contributed by atoms with Gasteiger partial charge in [0.05, 0.1) is 0 Å². The van der Waals surface area contributed by atoms with Crippen molar-refractivity contribution in [3.8, 4) is 44.5 Å². The molecule has 9 rings (SSSR count). The SMILES string of the molecule is c1ccc(-c2ccc(N(c3ccc(-c4ccc(-c5ccccc5)c(-c5ccccc5)c4)cc3)c3ccc4c(c3)oc3ccccc34)cc2)cc1. The van der Waals surface area contributed by atoms with Crippen molar-refractivity contribution in [1.29, 1.82) is 0 Å². The molecule has 0 aliphatic rings. The van der Waals surface area contributed by atoms with E-state index in [2.05, 4.69) is 193 Å². The van der Waals surface area contributed by atoms with E-state index < -0.39 is 0 Å². The second kappa shape index (κ2) is 12.8. The van der Waals surface area contributed by atoms with Crippen LogP contribution in [0, 0.1) is 0 Å². The lowest BCUT2D eigenvalue weighted by atomic mass is 9.91. The molecule has 0 aliphatic heterocycles. The Morgan fingerprint density at radius 2 is 0.740 bits per heavy atom. The van der Waals surface area contributed by atoms with E-state index in [0.29, 0.717) is 0 Å². The standard InChI is InChI=1S/C48H33NO/c1-4-12-34(13-5-1)35-20-25-40(26-21-35)49(42-29-31-45-44-18-10-11-19-47(44)50-48(45)33-42)41-27-22-36(23-28-41)39-24-30-43(37-14-6-2-7-15-37)46(32-39)38-16-8-3-9-17-38/h1-33H. The molecule has 0 bridgehead atoms. The molecule has 8 aromatic carbocycles. The maximum absolute atomic E-state index is 6.33. The van der Waals surface area contributed by atoms with E-state index in [0.717, 1.165) is 44.6 Å². The number of rotatable bonds is 7. The van der Waals surface area contributed by atoms with Gasteiger partial charge in [0.15, 0.2) is 0 Å². The zero-order chi connectivity index (χ0) is 33.3. The van der Waals surface area contributed by atoms with Gasteiger partial charge in [-0.25, -0.2) is 0 Å². The van der Waals surface area contributed by atoms with Crippen LogP contribution in [0.5, 0.6) is 0 Å². The lowest BCUT2D eigenvalue weighted by molar-refractivity contribution is 0.669. The average Bonchev–Trinajstić information content (AvgIpc) is 3.57. The van der Waals surface area contributed by atoms with E-state index in [1.807, 2.05) is 12.1 Å². The van der Waals surface area contributed by atoms with Gasteiger partial charge in [0, 0.05) is 33.9 Å². The van der Waals surface area contributed by atoms with E-state index in [1.54, 1.807) is 0 Å². The van der Waals surface area contributed by atoms with E-state index in [-0.39, 0.29) is 0 Å². The molecule has 0 spiro atoms. The van der Waals surface area contributed by atoms with Crippen LogP contribution >= 0.6 is 0 Å². The van der Waals surface area contributed by atoms with Gasteiger partial charge < -0.3 is 9.32 Å². The minimum absolute atomic E-state index is 0.873. The van der Waals surface area contributed by atoms with Crippen molar-refractivity contribution >= 4 is 39.0 Å². The molecule has 0 atom stereocenters. The van der Waals surface area contributed by atoms with Gasteiger partial charge in [-0.1, -0.05) is 146 Å². The molecule has 2 nitrogen and oxygen atoms in total. The Hall–Kier alpha value is -6.64. The van der Waals surface area contributed by atoms with Crippen LogP contribution in [0.2, 0.25) is 0 Å². The number of hydrogen-bond donors (Lipinski definition) is 0. The Kier molecular flexibility index (Phi) is 7.53. The highest BCUT2D eigenvalue weighted by atomic mass is 16.3. The van der Waals surface area contributed by atoms with Crippen LogP contribution in [0.4, 0.5) is 17.1 Å². The van der Waals surface area contributed by atoms with Crippen LogP contribution < -0.4 is 4.90 Å². The zero-order valence-corrected chi connectivity index (χ0v) is 27.4. The first-order chi connectivity index (χ1) is 24.8. The topological polar surface area (TPSA) is 16.4 Å². The number of anilines is 3. The first-order valence-corrected chi connectivity index (χ1v) is 17.0. The highest BCUT2D eigenvalue weighted by Crippen LogP contribution is 2.41. The minimum Gasteiger partial charge on any atom is -0.456 e. The first kappa shape index (κ1) is 29.5. The number of benzene rings is 8. The van der Waals surface area contributed by atoms with E-state index in [9.17, 15) is 0 Å². The summed E-state index contributed by atoms with van der Waals surface area (Å²) in [5, 5.41) is 2.25. The summed E-state index contributed by atoms with van der Waals surface area (Å²) in [6.07, 6.45) is 0. The summed E-state index contributed by atoms with van der Waals surface area (Å²) in [5.41, 5.74) is 14.5. The van der Waals surface area contributed by atoms with Crippen molar-refractivity contribution in [2.45, 2.75) is 0 Å². The smallest absolute Gasteiger partial charge is 0.137 e. The molecule has 0 radical (unpaired) electrons. The Labute approximate surface area is 292 Å². The Bertz CT molecular complexity index is 2550.